The summed E-state index contributed by atoms with van der Waals surface area (Å²) in [5.74, 6) is -1.60. The molecular formula is C28H33F2NO. The van der Waals surface area contributed by atoms with Crippen molar-refractivity contribution >= 4 is 11.3 Å². The molecule has 0 bridgehead atoms. The zero-order chi connectivity index (χ0) is 22.5. The van der Waals surface area contributed by atoms with E-state index in [4.69, 9.17) is 4.74 Å². The van der Waals surface area contributed by atoms with Crippen LogP contribution in [0.15, 0.2) is 48.6 Å². The fourth-order valence-corrected chi connectivity index (χ4v) is 4.74. The average molecular weight is 438 g/mol. The Bertz CT molecular complexity index is 985. The highest BCUT2D eigenvalue weighted by Crippen LogP contribution is 2.34. The lowest BCUT2D eigenvalue weighted by Crippen LogP contribution is -2.25. The van der Waals surface area contributed by atoms with Crippen molar-refractivity contribution in [2.45, 2.75) is 64.4 Å². The summed E-state index contributed by atoms with van der Waals surface area (Å²) < 4.78 is 35.9. The highest BCUT2D eigenvalue weighted by Gasteiger charge is 2.27. The molecule has 1 N–H and O–H groups in total. The van der Waals surface area contributed by atoms with Crippen molar-refractivity contribution in [1.82, 2.24) is 5.32 Å². The van der Waals surface area contributed by atoms with Crippen LogP contribution in [0, 0.1) is 11.6 Å². The van der Waals surface area contributed by atoms with Gasteiger partial charge in [-0.25, -0.2) is 8.78 Å². The van der Waals surface area contributed by atoms with Gasteiger partial charge in [0.25, 0.3) is 0 Å². The quantitative estimate of drug-likeness (QED) is 0.503. The SMILES string of the molecule is CCCc1ccc(C2=CC=C(c3ccc(C4CCC(CCC)OC4)c(F)c3F)NC2)cc1. The molecule has 2 unspecified atom stereocenters. The topological polar surface area (TPSA) is 21.3 Å². The number of allylic oxidation sites excluding steroid dienone is 2. The lowest BCUT2D eigenvalue weighted by molar-refractivity contribution is -0.00182. The molecule has 0 amide bonds. The van der Waals surface area contributed by atoms with Crippen LogP contribution in [0.25, 0.3) is 11.3 Å². The molecule has 1 saturated heterocycles. The Morgan fingerprint density at radius 1 is 0.938 bits per heavy atom. The third kappa shape index (κ3) is 4.96. The van der Waals surface area contributed by atoms with Crippen molar-refractivity contribution in [2.75, 3.05) is 13.2 Å². The van der Waals surface area contributed by atoms with Gasteiger partial charge in [-0.3, -0.25) is 0 Å². The molecule has 0 saturated carbocycles. The fraction of sp³-hybridized carbons (Fsp3) is 0.429. The van der Waals surface area contributed by atoms with E-state index in [2.05, 4.69) is 43.4 Å². The minimum Gasteiger partial charge on any atom is -0.380 e. The van der Waals surface area contributed by atoms with Crippen molar-refractivity contribution in [2.24, 2.45) is 0 Å². The van der Waals surface area contributed by atoms with Crippen LogP contribution in [0.5, 0.6) is 0 Å². The third-order valence-electron chi connectivity index (χ3n) is 6.61. The van der Waals surface area contributed by atoms with E-state index in [-0.39, 0.29) is 17.6 Å². The van der Waals surface area contributed by atoms with Gasteiger partial charge in [0.15, 0.2) is 11.6 Å². The number of hydrogen-bond donors (Lipinski definition) is 1. The Morgan fingerprint density at radius 2 is 1.75 bits per heavy atom. The Balaban J connectivity index is 1.49. The molecule has 2 aliphatic rings. The molecule has 2 heterocycles. The van der Waals surface area contributed by atoms with Gasteiger partial charge in [-0.2, -0.15) is 0 Å². The molecule has 4 heteroatoms. The van der Waals surface area contributed by atoms with Crippen LogP contribution in [0.1, 0.15) is 74.1 Å². The van der Waals surface area contributed by atoms with E-state index in [0.29, 0.717) is 24.4 Å². The number of dihydropyridines is 1. The molecule has 2 aromatic carbocycles. The smallest absolute Gasteiger partial charge is 0.168 e. The maximum absolute atomic E-state index is 15.0. The summed E-state index contributed by atoms with van der Waals surface area (Å²) in [6.45, 7) is 5.36. The number of rotatable bonds is 7. The molecule has 0 aromatic heterocycles. The van der Waals surface area contributed by atoms with E-state index in [1.165, 1.54) is 5.56 Å². The number of benzene rings is 2. The zero-order valence-corrected chi connectivity index (χ0v) is 19.1. The summed E-state index contributed by atoms with van der Waals surface area (Å²) in [5.41, 5.74) is 4.94. The normalized spacial score (nSPS) is 21.0. The Kier molecular flexibility index (Phi) is 7.41. The standard InChI is InChI=1S/C28H33F2NO/c1-3-5-19-7-9-20(10-8-19)21-12-16-26(31-17-21)25-15-14-24(27(29)28(25)30)22-11-13-23(6-4-2)32-18-22/h7-10,12,14-16,22-23,31H,3-6,11,13,17-18H2,1-2H3. The monoisotopic (exact) mass is 437 g/mol. The highest BCUT2D eigenvalue weighted by molar-refractivity contribution is 5.78. The van der Waals surface area contributed by atoms with Crippen molar-refractivity contribution in [1.29, 1.82) is 0 Å². The first-order chi connectivity index (χ1) is 15.6. The Morgan fingerprint density at radius 3 is 2.38 bits per heavy atom. The molecule has 2 aromatic rings. The predicted molar refractivity (Wildman–Crippen MR) is 127 cm³/mol. The number of hydrogen-bond acceptors (Lipinski definition) is 2. The maximum atomic E-state index is 15.0. The van der Waals surface area contributed by atoms with Crippen molar-refractivity contribution < 1.29 is 13.5 Å². The summed E-state index contributed by atoms with van der Waals surface area (Å²) in [6, 6.07) is 12.0. The van der Waals surface area contributed by atoms with Gasteiger partial charge in [0.2, 0.25) is 0 Å². The van der Waals surface area contributed by atoms with Crippen LogP contribution < -0.4 is 5.32 Å². The average Bonchev–Trinajstić information content (AvgIpc) is 2.83. The van der Waals surface area contributed by atoms with E-state index in [1.54, 1.807) is 12.1 Å². The summed E-state index contributed by atoms with van der Waals surface area (Å²) in [4.78, 5) is 0. The van der Waals surface area contributed by atoms with Crippen LogP contribution in [-0.2, 0) is 11.2 Å². The molecule has 170 valence electrons. The van der Waals surface area contributed by atoms with Gasteiger partial charge in [-0.05, 0) is 60.1 Å². The molecule has 4 rings (SSSR count). The van der Waals surface area contributed by atoms with Gasteiger partial charge < -0.3 is 10.1 Å². The Hall–Kier alpha value is -2.46. The third-order valence-corrected chi connectivity index (χ3v) is 6.61. The molecular weight excluding hydrogens is 404 g/mol. The van der Waals surface area contributed by atoms with Gasteiger partial charge in [0.1, 0.15) is 0 Å². The van der Waals surface area contributed by atoms with Crippen LogP contribution in [0.3, 0.4) is 0 Å². The van der Waals surface area contributed by atoms with E-state index < -0.39 is 11.6 Å². The van der Waals surface area contributed by atoms with Crippen LogP contribution in [0.2, 0.25) is 0 Å². The highest BCUT2D eigenvalue weighted by atomic mass is 19.2. The second kappa shape index (κ2) is 10.4. The van der Waals surface area contributed by atoms with Gasteiger partial charge in [-0.15, -0.1) is 0 Å². The van der Waals surface area contributed by atoms with Gasteiger partial charge >= 0.3 is 0 Å². The number of nitrogens with one attached hydrogen (secondary N) is 1. The summed E-state index contributed by atoms with van der Waals surface area (Å²) in [6.07, 6.45) is 10.1. The van der Waals surface area contributed by atoms with Gasteiger partial charge in [0, 0.05) is 23.7 Å². The van der Waals surface area contributed by atoms with Gasteiger partial charge in [0.05, 0.1) is 12.7 Å². The first kappa shape index (κ1) is 22.7. The molecule has 2 atom stereocenters. The van der Waals surface area contributed by atoms with Crippen molar-refractivity contribution in [3.8, 4) is 0 Å². The number of halogens is 2. The number of aryl methyl sites for hydroxylation is 1. The molecule has 0 radical (unpaired) electrons. The minimum absolute atomic E-state index is 0.0814. The summed E-state index contributed by atoms with van der Waals surface area (Å²) in [7, 11) is 0. The van der Waals surface area contributed by atoms with Crippen LogP contribution in [-0.4, -0.2) is 19.3 Å². The zero-order valence-electron chi connectivity index (χ0n) is 19.1. The summed E-state index contributed by atoms with van der Waals surface area (Å²) in [5, 5.41) is 3.27. The first-order valence-electron chi connectivity index (χ1n) is 11.9. The maximum Gasteiger partial charge on any atom is 0.168 e. The largest absolute Gasteiger partial charge is 0.380 e. The van der Waals surface area contributed by atoms with E-state index in [0.717, 1.165) is 49.7 Å². The lowest BCUT2D eigenvalue weighted by Gasteiger charge is -2.29. The lowest BCUT2D eigenvalue weighted by atomic mass is 9.89. The molecule has 2 aliphatic heterocycles. The Labute approximate surface area is 190 Å². The molecule has 32 heavy (non-hydrogen) atoms. The fourth-order valence-electron chi connectivity index (χ4n) is 4.74. The molecule has 2 nitrogen and oxygen atoms in total. The first-order valence-corrected chi connectivity index (χ1v) is 11.9. The molecule has 0 aliphatic carbocycles. The summed E-state index contributed by atoms with van der Waals surface area (Å²) >= 11 is 0. The number of ether oxygens (including phenoxy) is 1. The van der Waals surface area contributed by atoms with Gasteiger partial charge in [-0.1, -0.05) is 63.1 Å². The van der Waals surface area contributed by atoms with Crippen molar-refractivity contribution in [3.05, 3.63) is 82.4 Å². The molecule has 1 fully saturated rings. The van der Waals surface area contributed by atoms with E-state index in [1.807, 2.05) is 12.2 Å². The van der Waals surface area contributed by atoms with Crippen LogP contribution in [0.4, 0.5) is 8.78 Å². The second-order valence-electron chi connectivity index (χ2n) is 8.92. The predicted octanol–water partition coefficient (Wildman–Crippen LogP) is 7.01. The van der Waals surface area contributed by atoms with E-state index >= 15 is 4.39 Å². The van der Waals surface area contributed by atoms with E-state index in [9.17, 15) is 4.39 Å². The van der Waals surface area contributed by atoms with Crippen LogP contribution >= 0.6 is 0 Å². The molecule has 0 spiro atoms. The minimum atomic E-state index is -0.780. The second-order valence-corrected chi connectivity index (χ2v) is 8.92. The van der Waals surface area contributed by atoms with Crippen molar-refractivity contribution in [3.63, 3.8) is 0 Å².